The molecule has 1 amide bonds. The third-order valence-corrected chi connectivity index (χ3v) is 4.14. The van der Waals surface area contributed by atoms with Gasteiger partial charge in [0.1, 0.15) is 11.5 Å². The smallest absolute Gasteiger partial charge is 0.274 e. The van der Waals surface area contributed by atoms with Crippen molar-refractivity contribution >= 4 is 5.91 Å². The van der Waals surface area contributed by atoms with Gasteiger partial charge < -0.3 is 9.88 Å². The Morgan fingerprint density at radius 2 is 2.17 bits per heavy atom. The van der Waals surface area contributed by atoms with Gasteiger partial charge in [-0.2, -0.15) is 0 Å². The van der Waals surface area contributed by atoms with E-state index < -0.39 is 0 Å². The molecule has 0 unspecified atom stereocenters. The van der Waals surface area contributed by atoms with Crippen LogP contribution in [0.1, 0.15) is 47.8 Å². The highest BCUT2D eigenvalue weighted by Crippen LogP contribution is 2.31. The van der Waals surface area contributed by atoms with Crippen LogP contribution in [0.3, 0.4) is 0 Å². The molecule has 1 saturated heterocycles. The molecule has 1 aliphatic rings. The molecule has 1 aromatic heterocycles. The number of benzene rings is 1. The number of rotatable bonds is 2. The standard InChI is InChI=1S/C17H18FN3O2/c18-13-6-4-5-12(9-13)15-7-2-1-3-8-21(15)17(23)14-10-20-16(22)11-19-14/h4-6,9-11,15H,1-3,7-8H2,(H,20,22)/t15-/m0/s1. The highest BCUT2D eigenvalue weighted by Gasteiger charge is 2.28. The summed E-state index contributed by atoms with van der Waals surface area (Å²) in [6.07, 6.45) is 6.15. The first-order valence-electron chi connectivity index (χ1n) is 7.76. The average Bonchev–Trinajstić information content (AvgIpc) is 2.81. The summed E-state index contributed by atoms with van der Waals surface area (Å²) in [7, 11) is 0. The van der Waals surface area contributed by atoms with E-state index in [1.165, 1.54) is 18.3 Å². The fourth-order valence-corrected chi connectivity index (χ4v) is 3.02. The second kappa shape index (κ2) is 6.73. The molecule has 6 heteroatoms. The fourth-order valence-electron chi connectivity index (χ4n) is 3.02. The number of aromatic amines is 1. The van der Waals surface area contributed by atoms with Crippen molar-refractivity contribution < 1.29 is 9.18 Å². The predicted molar refractivity (Wildman–Crippen MR) is 83.5 cm³/mol. The molecule has 23 heavy (non-hydrogen) atoms. The van der Waals surface area contributed by atoms with E-state index in [9.17, 15) is 14.0 Å². The molecular formula is C17H18FN3O2. The van der Waals surface area contributed by atoms with Crippen LogP contribution in [0, 0.1) is 5.82 Å². The zero-order valence-corrected chi connectivity index (χ0v) is 12.7. The highest BCUT2D eigenvalue weighted by atomic mass is 19.1. The van der Waals surface area contributed by atoms with Crippen molar-refractivity contribution in [3.63, 3.8) is 0 Å². The maximum Gasteiger partial charge on any atom is 0.274 e. The second-order valence-electron chi connectivity index (χ2n) is 5.72. The van der Waals surface area contributed by atoms with Gasteiger partial charge in [0, 0.05) is 12.7 Å². The predicted octanol–water partition coefficient (Wildman–Crippen LogP) is 2.67. The molecule has 2 heterocycles. The Hall–Kier alpha value is -2.50. The van der Waals surface area contributed by atoms with Gasteiger partial charge in [0.25, 0.3) is 11.5 Å². The molecular weight excluding hydrogens is 297 g/mol. The topological polar surface area (TPSA) is 66.1 Å². The van der Waals surface area contributed by atoms with Crippen LogP contribution in [0.15, 0.2) is 41.5 Å². The minimum Gasteiger partial charge on any atom is -0.330 e. The maximum atomic E-state index is 13.6. The van der Waals surface area contributed by atoms with E-state index in [1.807, 2.05) is 6.07 Å². The number of H-pyrrole nitrogens is 1. The molecule has 1 fully saturated rings. The van der Waals surface area contributed by atoms with Crippen LogP contribution in [0.25, 0.3) is 0 Å². The number of aromatic nitrogens is 2. The van der Waals surface area contributed by atoms with E-state index in [2.05, 4.69) is 9.97 Å². The van der Waals surface area contributed by atoms with Gasteiger partial charge in [0.2, 0.25) is 0 Å². The lowest BCUT2D eigenvalue weighted by Gasteiger charge is -2.30. The monoisotopic (exact) mass is 315 g/mol. The number of likely N-dealkylation sites (tertiary alicyclic amines) is 1. The Bertz CT molecular complexity index is 739. The summed E-state index contributed by atoms with van der Waals surface area (Å²) in [4.78, 5) is 32.0. The summed E-state index contributed by atoms with van der Waals surface area (Å²) in [5.41, 5.74) is 0.650. The Morgan fingerprint density at radius 3 is 2.91 bits per heavy atom. The van der Waals surface area contributed by atoms with Crippen LogP contribution in [-0.2, 0) is 0 Å². The average molecular weight is 315 g/mol. The molecule has 1 aliphatic heterocycles. The first-order chi connectivity index (χ1) is 11.1. The molecule has 120 valence electrons. The number of hydrogen-bond acceptors (Lipinski definition) is 3. The van der Waals surface area contributed by atoms with Crippen LogP contribution in [-0.4, -0.2) is 27.3 Å². The molecule has 0 saturated carbocycles. The van der Waals surface area contributed by atoms with E-state index in [0.29, 0.717) is 6.54 Å². The Kier molecular flexibility index (Phi) is 4.50. The van der Waals surface area contributed by atoms with Gasteiger partial charge in [-0.1, -0.05) is 25.0 Å². The molecule has 1 aromatic carbocycles. The third kappa shape index (κ3) is 3.47. The number of nitrogens with zero attached hydrogens (tertiary/aromatic N) is 2. The van der Waals surface area contributed by atoms with E-state index in [4.69, 9.17) is 0 Å². The number of halogens is 1. The molecule has 1 N–H and O–H groups in total. The van der Waals surface area contributed by atoms with Crippen molar-refractivity contribution in [2.75, 3.05) is 6.54 Å². The molecule has 0 bridgehead atoms. The Balaban J connectivity index is 1.93. The van der Waals surface area contributed by atoms with Crippen molar-refractivity contribution in [3.8, 4) is 0 Å². The van der Waals surface area contributed by atoms with Gasteiger partial charge in [-0.3, -0.25) is 9.59 Å². The minimum absolute atomic E-state index is 0.172. The zero-order chi connectivity index (χ0) is 16.2. The first-order valence-corrected chi connectivity index (χ1v) is 7.76. The first kappa shape index (κ1) is 15.4. The number of hydrogen-bond donors (Lipinski definition) is 1. The van der Waals surface area contributed by atoms with Gasteiger partial charge >= 0.3 is 0 Å². The largest absolute Gasteiger partial charge is 0.330 e. The SMILES string of the molecule is O=C(c1c[nH]c(=O)cn1)N1CCCCC[C@H]1c1cccc(F)c1. The van der Waals surface area contributed by atoms with Crippen molar-refractivity contribution in [1.82, 2.24) is 14.9 Å². The quantitative estimate of drug-likeness (QED) is 0.926. The van der Waals surface area contributed by atoms with Gasteiger partial charge in [0.15, 0.2) is 0 Å². The third-order valence-electron chi connectivity index (χ3n) is 4.14. The summed E-state index contributed by atoms with van der Waals surface area (Å²) in [5.74, 6) is -0.543. The van der Waals surface area contributed by atoms with Crippen LogP contribution in [0.5, 0.6) is 0 Å². The maximum absolute atomic E-state index is 13.6. The van der Waals surface area contributed by atoms with Crippen LogP contribution < -0.4 is 5.56 Å². The van der Waals surface area contributed by atoms with Crippen LogP contribution in [0.4, 0.5) is 4.39 Å². The van der Waals surface area contributed by atoms with Crippen molar-refractivity contribution in [2.24, 2.45) is 0 Å². The van der Waals surface area contributed by atoms with Gasteiger partial charge in [-0.25, -0.2) is 9.37 Å². The number of amides is 1. The van der Waals surface area contributed by atoms with Gasteiger partial charge in [-0.05, 0) is 30.5 Å². The lowest BCUT2D eigenvalue weighted by atomic mass is 10.0. The van der Waals surface area contributed by atoms with E-state index in [0.717, 1.165) is 37.4 Å². The molecule has 1 atom stereocenters. The number of carbonyl (C=O) groups excluding carboxylic acids is 1. The lowest BCUT2D eigenvalue weighted by molar-refractivity contribution is 0.0674. The molecule has 0 radical (unpaired) electrons. The van der Waals surface area contributed by atoms with E-state index in [-0.39, 0.29) is 29.0 Å². The summed E-state index contributed by atoms with van der Waals surface area (Å²) in [5, 5.41) is 0. The normalized spacial score (nSPS) is 18.5. The molecule has 2 aromatic rings. The van der Waals surface area contributed by atoms with Crippen molar-refractivity contribution in [3.05, 3.63) is 64.1 Å². The van der Waals surface area contributed by atoms with E-state index >= 15 is 0 Å². The fraction of sp³-hybridized carbons (Fsp3) is 0.353. The molecule has 3 rings (SSSR count). The lowest BCUT2D eigenvalue weighted by Crippen LogP contribution is -2.35. The summed E-state index contributed by atoms with van der Waals surface area (Å²) in [6.45, 7) is 0.598. The van der Waals surface area contributed by atoms with Crippen LogP contribution >= 0.6 is 0 Å². The van der Waals surface area contributed by atoms with Crippen molar-refractivity contribution in [2.45, 2.75) is 31.7 Å². The highest BCUT2D eigenvalue weighted by molar-refractivity contribution is 5.92. The Morgan fingerprint density at radius 1 is 1.30 bits per heavy atom. The molecule has 0 aliphatic carbocycles. The van der Waals surface area contributed by atoms with Crippen molar-refractivity contribution in [1.29, 1.82) is 0 Å². The summed E-state index contributed by atoms with van der Waals surface area (Å²) in [6, 6.07) is 6.22. The van der Waals surface area contributed by atoms with Gasteiger partial charge in [0.05, 0.1) is 12.2 Å². The second-order valence-corrected chi connectivity index (χ2v) is 5.72. The molecule has 0 spiro atoms. The minimum atomic E-state index is -0.348. The Labute approximate surface area is 133 Å². The molecule has 5 nitrogen and oxygen atoms in total. The summed E-state index contributed by atoms with van der Waals surface area (Å²) < 4.78 is 13.6. The van der Waals surface area contributed by atoms with E-state index in [1.54, 1.807) is 11.0 Å². The zero-order valence-electron chi connectivity index (χ0n) is 12.7. The number of nitrogens with one attached hydrogen (secondary N) is 1. The van der Waals surface area contributed by atoms with Gasteiger partial charge in [-0.15, -0.1) is 0 Å². The van der Waals surface area contributed by atoms with Crippen LogP contribution in [0.2, 0.25) is 0 Å². The summed E-state index contributed by atoms with van der Waals surface area (Å²) >= 11 is 0. The number of carbonyl (C=O) groups is 1.